The van der Waals surface area contributed by atoms with Crippen LogP contribution in [0.25, 0.3) is 0 Å². The van der Waals surface area contributed by atoms with Crippen molar-refractivity contribution in [1.82, 2.24) is 10.2 Å². The molecule has 1 aromatic carbocycles. The summed E-state index contributed by atoms with van der Waals surface area (Å²) in [6.45, 7) is 4.35. The van der Waals surface area contributed by atoms with Gasteiger partial charge in [0.15, 0.2) is 11.5 Å². The first kappa shape index (κ1) is 29.3. The Morgan fingerprint density at radius 1 is 1.35 bits per heavy atom. The number of hydrogen-bond acceptors (Lipinski definition) is 8. The number of benzene rings is 1. The predicted molar refractivity (Wildman–Crippen MR) is 144 cm³/mol. The Bertz CT molecular complexity index is 1010. The number of aldehydes is 1. The van der Waals surface area contributed by atoms with E-state index in [4.69, 9.17) is 19.3 Å². The molecule has 11 heteroatoms. The molecule has 204 valence electrons. The number of amides is 2. The van der Waals surface area contributed by atoms with Crippen LogP contribution >= 0.6 is 22.6 Å². The number of aliphatic hydroxyl groups is 2. The van der Waals surface area contributed by atoms with Crippen LogP contribution in [-0.4, -0.2) is 91.0 Å². The normalized spacial score (nSPS) is 23.4. The van der Waals surface area contributed by atoms with Gasteiger partial charge in [0.05, 0.1) is 29.4 Å². The molecule has 0 spiro atoms. The quantitative estimate of drug-likeness (QED) is 0.249. The van der Waals surface area contributed by atoms with E-state index in [9.17, 15) is 19.5 Å². The van der Waals surface area contributed by atoms with Gasteiger partial charge >= 0.3 is 0 Å². The van der Waals surface area contributed by atoms with E-state index in [-0.39, 0.29) is 37.5 Å². The average Bonchev–Trinajstić information content (AvgIpc) is 3.40. The van der Waals surface area contributed by atoms with Crippen molar-refractivity contribution < 1.29 is 38.8 Å². The molecule has 1 aromatic rings. The van der Waals surface area contributed by atoms with E-state index in [1.54, 1.807) is 30.9 Å². The maximum Gasteiger partial charge on any atom is 0.247 e. The van der Waals surface area contributed by atoms with Gasteiger partial charge in [-0.2, -0.15) is 0 Å². The van der Waals surface area contributed by atoms with Gasteiger partial charge in [-0.05, 0) is 53.6 Å². The van der Waals surface area contributed by atoms with Crippen LogP contribution in [0.4, 0.5) is 0 Å². The van der Waals surface area contributed by atoms with Gasteiger partial charge in [-0.15, -0.1) is 0 Å². The molecule has 1 aliphatic heterocycles. The van der Waals surface area contributed by atoms with E-state index in [0.717, 1.165) is 12.8 Å². The van der Waals surface area contributed by atoms with Crippen LogP contribution < -0.4 is 14.8 Å². The van der Waals surface area contributed by atoms with E-state index < -0.39 is 24.2 Å². The predicted octanol–water partition coefficient (Wildman–Crippen LogP) is 1.69. The molecule has 0 aromatic heterocycles. The Kier molecular flexibility index (Phi) is 10.7. The molecule has 1 saturated heterocycles. The van der Waals surface area contributed by atoms with Crippen LogP contribution in [0.5, 0.6) is 11.5 Å². The van der Waals surface area contributed by atoms with Gasteiger partial charge in [0.25, 0.3) is 0 Å². The number of aliphatic hydroxyl groups excluding tert-OH is 2. The fourth-order valence-corrected chi connectivity index (χ4v) is 5.32. The second-order valence-corrected chi connectivity index (χ2v) is 10.6. The van der Waals surface area contributed by atoms with Crippen LogP contribution in [0, 0.1) is 9.49 Å². The summed E-state index contributed by atoms with van der Waals surface area (Å²) in [4.78, 5) is 39.2. The Hall–Kier alpha value is -2.22. The van der Waals surface area contributed by atoms with Crippen LogP contribution in [-0.2, 0) is 14.3 Å². The third-order valence-corrected chi connectivity index (χ3v) is 7.26. The lowest BCUT2D eigenvalue weighted by atomic mass is 9.87. The Balaban J connectivity index is 2.00. The zero-order valence-corrected chi connectivity index (χ0v) is 23.5. The number of methoxy groups -OCH3 is 1. The lowest BCUT2D eigenvalue weighted by Gasteiger charge is -2.42. The number of halogens is 1. The van der Waals surface area contributed by atoms with Crippen LogP contribution in [0.3, 0.4) is 0 Å². The third kappa shape index (κ3) is 7.21. The zero-order valence-electron chi connectivity index (χ0n) is 21.3. The number of ether oxygens (including phenoxy) is 3. The van der Waals surface area contributed by atoms with Gasteiger partial charge in [-0.3, -0.25) is 14.4 Å². The number of rotatable bonds is 11. The van der Waals surface area contributed by atoms with Crippen LogP contribution in [0.1, 0.15) is 43.5 Å². The molecule has 0 saturated carbocycles. The molecular weight excluding hydrogens is 595 g/mol. The molecule has 1 fully saturated rings. The molecule has 0 unspecified atom stereocenters. The van der Waals surface area contributed by atoms with Crippen molar-refractivity contribution in [3.05, 3.63) is 32.9 Å². The summed E-state index contributed by atoms with van der Waals surface area (Å²) in [5.41, 5.74) is 0.738. The molecule has 3 rings (SSSR count). The van der Waals surface area contributed by atoms with Crippen LogP contribution in [0.15, 0.2) is 23.8 Å². The number of nitrogens with zero attached hydrogens (tertiary/aromatic N) is 1. The molecule has 2 amide bonds. The molecular formula is C26H35IN2O8. The SMILES string of the molecule is COc1cc(C=O)cc(I)c1O[C@H]1C=C(C(=O)NCCO)C[C@@H](N(C[C@@H]2CCCO2)C(=O)C(C)C)[C@@H]1O. The smallest absolute Gasteiger partial charge is 0.247 e. The first-order chi connectivity index (χ1) is 17.7. The van der Waals surface area contributed by atoms with Crippen LogP contribution in [0.2, 0.25) is 0 Å². The van der Waals surface area contributed by atoms with Gasteiger partial charge in [-0.25, -0.2) is 0 Å². The minimum atomic E-state index is -1.16. The first-order valence-corrected chi connectivity index (χ1v) is 13.5. The molecule has 10 nitrogen and oxygen atoms in total. The van der Waals surface area contributed by atoms with Gasteiger partial charge in [-0.1, -0.05) is 13.8 Å². The Morgan fingerprint density at radius 3 is 2.70 bits per heavy atom. The highest BCUT2D eigenvalue weighted by Gasteiger charge is 2.42. The topological polar surface area (TPSA) is 135 Å². The lowest BCUT2D eigenvalue weighted by molar-refractivity contribution is -0.144. The zero-order chi connectivity index (χ0) is 27.1. The van der Waals surface area contributed by atoms with Gasteiger partial charge in [0.2, 0.25) is 11.8 Å². The maximum atomic E-state index is 13.3. The van der Waals surface area contributed by atoms with Gasteiger partial charge in [0.1, 0.15) is 18.5 Å². The summed E-state index contributed by atoms with van der Waals surface area (Å²) < 4.78 is 18.0. The van der Waals surface area contributed by atoms with Crippen molar-refractivity contribution in [3.63, 3.8) is 0 Å². The third-order valence-electron chi connectivity index (χ3n) is 6.46. The fourth-order valence-electron chi connectivity index (χ4n) is 4.57. The highest BCUT2D eigenvalue weighted by molar-refractivity contribution is 14.1. The number of carbonyl (C=O) groups is 3. The van der Waals surface area contributed by atoms with E-state index in [2.05, 4.69) is 5.32 Å². The van der Waals surface area contributed by atoms with E-state index >= 15 is 0 Å². The van der Waals surface area contributed by atoms with Crippen molar-refractivity contribution in [2.45, 2.75) is 57.5 Å². The van der Waals surface area contributed by atoms with E-state index in [0.29, 0.717) is 45.6 Å². The Morgan fingerprint density at radius 2 is 2.11 bits per heavy atom. The van der Waals surface area contributed by atoms with Crippen molar-refractivity contribution in [3.8, 4) is 11.5 Å². The minimum Gasteiger partial charge on any atom is -0.493 e. The monoisotopic (exact) mass is 630 g/mol. The molecule has 4 atom stereocenters. The molecule has 0 bridgehead atoms. The molecule has 2 aliphatic rings. The van der Waals surface area contributed by atoms with Gasteiger partial charge < -0.3 is 34.6 Å². The minimum absolute atomic E-state index is 0.0678. The lowest BCUT2D eigenvalue weighted by Crippen LogP contribution is -2.57. The summed E-state index contributed by atoms with van der Waals surface area (Å²) in [7, 11) is 1.45. The van der Waals surface area contributed by atoms with Gasteiger partial charge in [0, 0.05) is 43.2 Å². The first-order valence-electron chi connectivity index (χ1n) is 12.4. The molecule has 1 aliphatic carbocycles. The number of hydrogen-bond donors (Lipinski definition) is 3. The van der Waals surface area contributed by atoms with Crippen molar-refractivity contribution in [2.24, 2.45) is 5.92 Å². The van der Waals surface area contributed by atoms with E-state index in [1.807, 2.05) is 22.6 Å². The van der Waals surface area contributed by atoms with Crippen molar-refractivity contribution in [2.75, 3.05) is 33.4 Å². The van der Waals surface area contributed by atoms with E-state index in [1.165, 1.54) is 13.2 Å². The second kappa shape index (κ2) is 13.5. The molecule has 3 N–H and O–H groups in total. The molecule has 1 heterocycles. The highest BCUT2D eigenvalue weighted by atomic mass is 127. The Labute approximate surface area is 230 Å². The summed E-state index contributed by atoms with van der Waals surface area (Å²) in [6, 6.07) is 2.41. The standard InChI is InChI=1S/C26H35IN2O8/c1-15(2)26(34)29(13-18-5-4-8-36-18)20-11-17(25(33)28-6-7-30)12-21(23(20)32)37-24-19(27)9-16(14-31)10-22(24)35-3/h9-10,12,14-15,18,20-21,23,30,32H,4-8,11,13H2,1-3H3,(H,28,33)/t18-,20+,21-,23-/m0/s1. The summed E-state index contributed by atoms with van der Waals surface area (Å²) in [5.74, 6) is -0.282. The fraction of sp³-hybridized carbons (Fsp3) is 0.577. The van der Waals surface area contributed by atoms with Crippen molar-refractivity contribution in [1.29, 1.82) is 0 Å². The number of carbonyl (C=O) groups excluding carboxylic acids is 3. The summed E-state index contributed by atoms with van der Waals surface area (Å²) in [5, 5.41) is 23.3. The average molecular weight is 630 g/mol. The number of nitrogens with one attached hydrogen (secondary N) is 1. The maximum absolute atomic E-state index is 13.3. The van der Waals surface area contributed by atoms with Crippen molar-refractivity contribution >= 4 is 40.7 Å². The second-order valence-electron chi connectivity index (χ2n) is 9.45. The largest absolute Gasteiger partial charge is 0.493 e. The molecule has 0 radical (unpaired) electrons. The molecule has 37 heavy (non-hydrogen) atoms. The summed E-state index contributed by atoms with van der Waals surface area (Å²) in [6.07, 6.45) is 1.76. The highest BCUT2D eigenvalue weighted by Crippen LogP contribution is 2.37. The summed E-state index contributed by atoms with van der Waals surface area (Å²) >= 11 is 2.01.